The molecule has 0 N–H and O–H groups in total. The Hall–Kier alpha value is -2.76. The first kappa shape index (κ1) is 17.3. The van der Waals surface area contributed by atoms with Crippen molar-refractivity contribution in [3.8, 4) is 0 Å². The third-order valence-electron chi connectivity index (χ3n) is 2.77. The summed E-state index contributed by atoms with van der Waals surface area (Å²) < 4.78 is 0. The average Bonchev–Trinajstić information content (AvgIpc) is 2.56. The van der Waals surface area contributed by atoms with Crippen LogP contribution in [0.3, 0.4) is 0 Å². The Morgan fingerprint density at radius 1 is 0.864 bits per heavy atom. The fourth-order valence-electron chi connectivity index (χ4n) is 1.70. The first-order valence-electron chi connectivity index (χ1n) is 7.10. The largest absolute Gasteiger partial charge is 0.278 e. The smallest absolute Gasteiger partial charge is 0.0874 e. The second-order valence-electron chi connectivity index (χ2n) is 4.45. The average molecular weight is 301 g/mol. The zero-order valence-electron chi connectivity index (χ0n) is 12.4. The molecule has 0 aliphatic carbocycles. The van der Waals surface area contributed by atoms with Crippen LogP contribution in [-0.4, -0.2) is 31.2 Å². The third kappa shape index (κ3) is 8.42. The molecule has 1 rings (SSSR count). The summed E-state index contributed by atoms with van der Waals surface area (Å²) in [6.07, 6.45) is 2.38. The van der Waals surface area contributed by atoms with Crippen LogP contribution in [0, 0.1) is 0 Å². The SMILES string of the molecule is [N-]=[N+]=NCCCCN(CCCN=[N+]=[N-])N=Nc1ccccc1. The van der Waals surface area contributed by atoms with Gasteiger partial charge in [0.1, 0.15) is 0 Å². The van der Waals surface area contributed by atoms with Crippen molar-refractivity contribution < 1.29 is 0 Å². The molecule has 116 valence electrons. The summed E-state index contributed by atoms with van der Waals surface area (Å²) in [5.41, 5.74) is 17.3. The predicted octanol–water partition coefficient (Wildman–Crippen LogP) is 4.78. The van der Waals surface area contributed by atoms with Gasteiger partial charge in [-0.25, -0.2) is 0 Å². The van der Waals surface area contributed by atoms with Crippen LogP contribution in [0.15, 0.2) is 50.9 Å². The predicted molar refractivity (Wildman–Crippen MR) is 84.4 cm³/mol. The Kier molecular flexibility index (Phi) is 9.45. The van der Waals surface area contributed by atoms with E-state index in [1.165, 1.54) is 0 Å². The van der Waals surface area contributed by atoms with Crippen LogP contribution in [0.1, 0.15) is 19.3 Å². The molecule has 9 heteroatoms. The summed E-state index contributed by atoms with van der Waals surface area (Å²) in [4.78, 5) is 5.45. The Labute approximate surface area is 128 Å². The van der Waals surface area contributed by atoms with Crippen LogP contribution >= 0.6 is 0 Å². The molecule has 1 aromatic carbocycles. The van der Waals surface area contributed by atoms with Gasteiger partial charge in [0.05, 0.1) is 5.69 Å². The van der Waals surface area contributed by atoms with E-state index in [0.717, 1.165) is 18.5 Å². The van der Waals surface area contributed by atoms with Crippen molar-refractivity contribution in [1.29, 1.82) is 0 Å². The first-order valence-corrected chi connectivity index (χ1v) is 7.10. The summed E-state index contributed by atoms with van der Waals surface area (Å²) in [5, 5.41) is 17.3. The highest BCUT2D eigenvalue weighted by Crippen LogP contribution is 2.11. The van der Waals surface area contributed by atoms with Gasteiger partial charge < -0.3 is 0 Å². The maximum Gasteiger partial charge on any atom is 0.0874 e. The molecule has 0 radical (unpaired) electrons. The summed E-state index contributed by atoms with van der Waals surface area (Å²) in [7, 11) is 0. The van der Waals surface area contributed by atoms with Crippen LogP contribution in [-0.2, 0) is 0 Å². The van der Waals surface area contributed by atoms with Gasteiger partial charge in [0, 0.05) is 36.0 Å². The highest BCUT2D eigenvalue weighted by Gasteiger charge is 2.01. The zero-order valence-corrected chi connectivity index (χ0v) is 12.4. The van der Waals surface area contributed by atoms with E-state index >= 15 is 0 Å². The Morgan fingerprint density at radius 3 is 2.18 bits per heavy atom. The maximum absolute atomic E-state index is 8.27. The minimum atomic E-state index is 0.437. The molecule has 9 nitrogen and oxygen atoms in total. The van der Waals surface area contributed by atoms with E-state index in [-0.39, 0.29) is 0 Å². The number of benzene rings is 1. The van der Waals surface area contributed by atoms with E-state index < -0.39 is 0 Å². The summed E-state index contributed by atoms with van der Waals surface area (Å²) in [6, 6.07) is 9.49. The lowest BCUT2D eigenvalue weighted by atomic mass is 10.3. The molecule has 0 unspecified atom stereocenters. The van der Waals surface area contributed by atoms with E-state index in [1.54, 1.807) is 0 Å². The molecule has 0 aromatic heterocycles. The van der Waals surface area contributed by atoms with Crippen molar-refractivity contribution in [2.75, 3.05) is 26.2 Å². The molecule has 0 atom stereocenters. The van der Waals surface area contributed by atoms with Gasteiger partial charge in [0.15, 0.2) is 0 Å². The van der Waals surface area contributed by atoms with Crippen molar-refractivity contribution in [3.63, 3.8) is 0 Å². The number of unbranched alkanes of at least 4 members (excludes halogenated alkanes) is 1. The molecule has 0 aliphatic rings. The summed E-state index contributed by atoms with van der Waals surface area (Å²) >= 11 is 0. The summed E-state index contributed by atoms with van der Waals surface area (Å²) in [5.74, 6) is 0. The van der Waals surface area contributed by atoms with Crippen LogP contribution in [0.25, 0.3) is 20.9 Å². The topological polar surface area (TPSA) is 125 Å². The second kappa shape index (κ2) is 12.0. The van der Waals surface area contributed by atoms with Crippen molar-refractivity contribution in [2.24, 2.45) is 20.6 Å². The molecular weight excluding hydrogens is 282 g/mol. The van der Waals surface area contributed by atoms with Gasteiger partial charge in [0.2, 0.25) is 0 Å². The van der Waals surface area contributed by atoms with E-state index in [1.807, 2.05) is 35.3 Å². The standard InChI is InChI=1S/C13H19N9/c14-19-16-9-4-5-11-22(12-6-10-17-20-15)21-18-13-7-2-1-3-8-13/h1-3,7-8H,4-6,9-12H2. The minimum absolute atomic E-state index is 0.437. The Bertz CT molecular complexity index is 530. The first-order chi connectivity index (χ1) is 10.9. The van der Waals surface area contributed by atoms with Crippen LogP contribution in [0.2, 0.25) is 0 Å². The van der Waals surface area contributed by atoms with Gasteiger partial charge in [-0.05, 0) is 42.5 Å². The molecule has 0 bridgehead atoms. The molecule has 0 heterocycles. The van der Waals surface area contributed by atoms with E-state index in [4.69, 9.17) is 11.1 Å². The molecule has 0 spiro atoms. The van der Waals surface area contributed by atoms with E-state index in [0.29, 0.717) is 32.6 Å². The fraction of sp³-hybridized carbons (Fsp3) is 0.538. The van der Waals surface area contributed by atoms with Gasteiger partial charge >= 0.3 is 0 Å². The fourth-order valence-corrected chi connectivity index (χ4v) is 1.70. The van der Waals surface area contributed by atoms with E-state index in [2.05, 4.69) is 30.4 Å². The molecule has 1 aromatic rings. The van der Waals surface area contributed by atoms with Crippen molar-refractivity contribution in [2.45, 2.75) is 19.3 Å². The lowest BCUT2D eigenvalue weighted by Crippen LogP contribution is -2.20. The van der Waals surface area contributed by atoms with E-state index in [9.17, 15) is 0 Å². The zero-order chi connectivity index (χ0) is 15.9. The lowest BCUT2D eigenvalue weighted by molar-refractivity contribution is 0.263. The molecule has 0 saturated carbocycles. The normalized spacial score (nSPS) is 10.0. The van der Waals surface area contributed by atoms with Gasteiger partial charge in [-0.3, -0.25) is 5.01 Å². The molecule has 0 amide bonds. The molecule has 0 fully saturated rings. The minimum Gasteiger partial charge on any atom is -0.278 e. The Morgan fingerprint density at radius 2 is 1.50 bits per heavy atom. The number of azide groups is 2. The van der Waals surface area contributed by atoms with Gasteiger partial charge in [-0.2, -0.15) is 0 Å². The van der Waals surface area contributed by atoms with Gasteiger partial charge in [-0.15, -0.1) is 5.11 Å². The number of nitrogens with zero attached hydrogens (tertiary/aromatic N) is 9. The summed E-state index contributed by atoms with van der Waals surface area (Å²) in [6.45, 7) is 2.30. The van der Waals surface area contributed by atoms with Crippen molar-refractivity contribution >= 4 is 5.69 Å². The third-order valence-corrected chi connectivity index (χ3v) is 2.77. The van der Waals surface area contributed by atoms with Crippen molar-refractivity contribution in [3.05, 3.63) is 51.2 Å². The van der Waals surface area contributed by atoms with Crippen LogP contribution < -0.4 is 0 Å². The molecule has 22 heavy (non-hydrogen) atoms. The molecule has 0 saturated heterocycles. The van der Waals surface area contributed by atoms with Gasteiger partial charge in [-0.1, -0.05) is 33.7 Å². The number of rotatable bonds is 11. The maximum atomic E-state index is 8.27. The second-order valence-corrected chi connectivity index (χ2v) is 4.45. The molecular formula is C13H19N9. The highest BCUT2D eigenvalue weighted by atomic mass is 15.5. The molecule has 0 aliphatic heterocycles. The number of hydrogen-bond donors (Lipinski definition) is 0. The van der Waals surface area contributed by atoms with Crippen molar-refractivity contribution in [1.82, 2.24) is 5.01 Å². The number of hydrogen-bond acceptors (Lipinski definition) is 4. The van der Waals surface area contributed by atoms with Gasteiger partial charge in [0.25, 0.3) is 0 Å². The quantitative estimate of drug-likeness (QED) is 0.188. The highest BCUT2D eigenvalue weighted by molar-refractivity contribution is 5.34. The Balaban J connectivity index is 2.46. The monoisotopic (exact) mass is 301 g/mol. The van der Waals surface area contributed by atoms with Crippen LogP contribution in [0.4, 0.5) is 5.69 Å². The lowest BCUT2D eigenvalue weighted by Gasteiger charge is -2.16. The van der Waals surface area contributed by atoms with Crippen LogP contribution in [0.5, 0.6) is 0 Å².